The summed E-state index contributed by atoms with van der Waals surface area (Å²) in [6.45, 7) is 2.09. The van der Waals surface area contributed by atoms with Crippen molar-refractivity contribution in [2.45, 2.75) is 51.0 Å². The van der Waals surface area contributed by atoms with Crippen LogP contribution in [0.2, 0.25) is 0 Å². The fourth-order valence-corrected chi connectivity index (χ4v) is 5.52. The molecule has 2 rings (SSSR count). The van der Waals surface area contributed by atoms with Crippen molar-refractivity contribution < 1.29 is 13.5 Å². The lowest BCUT2D eigenvalue weighted by Crippen LogP contribution is -2.51. The topological polar surface area (TPSA) is 78.2 Å². The highest BCUT2D eigenvalue weighted by molar-refractivity contribution is 7.91. The third-order valence-electron chi connectivity index (χ3n) is 4.82. The highest BCUT2D eigenvalue weighted by Crippen LogP contribution is 2.51. The van der Waals surface area contributed by atoms with Crippen LogP contribution in [0.15, 0.2) is 0 Å². The second kappa shape index (κ2) is 4.50. The minimum absolute atomic E-state index is 0.0176. The number of nitrogens with zero attached hydrogens (tertiary/aromatic N) is 1. The smallest absolute Gasteiger partial charge is 0.153 e. The first-order chi connectivity index (χ1) is 8.36. The predicted octanol–water partition coefficient (Wildman–Crippen LogP) is 1.65. The van der Waals surface area contributed by atoms with Crippen LogP contribution in [0.5, 0.6) is 0 Å². The van der Waals surface area contributed by atoms with Crippen LogP contribution in [0, 0.1) is 22.7 Å². The van der Waals surface area contributed by atoms with Crippen LogP contribution in [0.25, 0.3) is 0 Å². The molecule has 3 atom stereocenters. The molecule has 1 saturated carbocycles. The molecular formula is C13H21NO3S. The van der Waals surface area contributed by atoms with Gasteiger partial charge in [0.2, 0.25) is 0 Å². The Labute approximate surface area is 109 Å². The molecule has 0 spiro atoms. The van der Waals surface area contributed by atoms with E-state index in [1.807, 2.05) is 0 Å². The third kappa shape index (κ3) is 2.17. The monoisotopic (exact) mass is 271 g/mol. The van der Waals surface area contributed by atoms with Gasteiger partial charge in [-0.1, -0.05) is 26.2 Å². The minimum Gasteiger partial charge on any atom is -0.387 e. The van der Waals surface area contributed by atoms with Gasteiger partial charge in [0.1, 0.15) is 0 Å². The van der Waals surface area contributed by atoms with E-state index in [4.69, 9.17) is 0 Å². The van der Waals surface area contributed by atoms with Crippen LogP contribution in [-0.4, -0.2) is 30.6 Å². The van der Waals surface area contributed by atoms with Gasteiger partial charge in [-0.3, -0.25) is 0 Å². The zero-order valence-corrected chi connectivity index (χ0v) is 11.7. The summed E-state index contributed by atoms with van der Waals surface area (Å²) >= 11 is 0. The quantitative estimate of drug-likeness (QED) is 0.828. The maximum absolute atomic E-state index is 11.6. The molecule has 0 bridgehead atoms. The number of hydrogen-bond acceptors (Lipinski definition) is 4. The van der Waals surface area contributed by atoms with Gasteiger partial charge >= 0.3 is 0 Å². The average Bonchev–Trinajstić information content (AvgIpc) is 2.65. The Morgan fingerprint density at radius 3 is 2.67 bits per heavy atom. The predicted molar refractivity (Wildman–Crippen MR) is 68.5 cm³/mol. The molecule has 4 nitrogen and oxygen atoms in total. The Kier molecular flexibility index (Phi) is 3.46. The third-order valence-corrected chi connectivity index (χ3v) is 6.56. The summed E-state index contributed by atoms with van der Waals surface area (Å²) in [5.74, 6) is 0.221. The van der Waals surface area contributed by atoms with Crippen molar-refractivity contribution >= 4 is 9.84 Å². The Bertz CT molecular complexity index is 467. The molecule has 1 aliphatic carbocycles. The molecule has 18 heavy (non-hydrogen) atoms. The first kappa shape index (κ1) is 13.8. The van der Waals surface area contributed by atoms with Gasteiger partial charge in [-0.25, -0.2) is 8.42 Å². The van der Waals surface area contributed by atoms with E-state index < -0.39 is 20.9 Å². The number of hydrogen-bond donors (Lipinski definition) is 1. The number of nitriles is 1. The van der Waals surface area contributed by atoms with E-state index in [0.29, 0.717) is 18.8 Å². The van der Waals surface area contributed by atoms with Crippen molar-refractivity contribution in [3.63, 3.8) is 0 Å². The lowest BCUT2D eigenvalue weighted by molar-refractivity contribution is -0.0617. The van der Waals surface area contributed by atoms with Crippen LogP contribution in [0.3, 0.4) is 0 Å². The molecule has 1 aliphatic heterocycles. The van der Waals surface area contributed by atoms with Crippen molar-refractivity contribution in [2.75, 3.05) is 11.5 Å². The van der Waals surface area contributed by atoms with Crippen LogP contribution in [-0.2, 0) is 9.84 Å². The minimum atomic E-state index is -3.18. The first-order valence-electron chi connectivity index (χ1n) is 6.70. The summed E-state index contributed by atoms with van der Waals surface area (Å²) in [7, 11) is -3.18. The molecule has 0 aromatic carbocycles. The molecule has 0 amide bonds. The highest BCUT2D eigenvalue weighted by Gasteiger charge is 2.57. The number of rotatable bonds is 2. The Morgan fingerprint density at radius 1 is 1.44 bits per heavy atom. The van der Waals surface area contributed by atoms with Gasteiger partial charge in [0.05, 0.1) is 28.6 Å². The molecule has 3 unspecified atom stereocenters. The molecule has 2 aliphatic rings. The van der Waals surface area contributed by atoms with Gasteiger partial charge in [-0.05, 0) is 25.2 Å². The molecule has 0 aromatic heterocycles. The van der Waals surface area contributed by atoms with E-state index in [0.717, 1.165) is 19.3 Å². The average molecular weight is 271 g/mol. The van der Waals surface area contributed by atoms with Crippen molar-refractivity contribution in [3.05, 3.63) is 0 Å². The lowest BCUT2D eigenvalue weighted by atomic mass is 9.61. The van der Waals surface area contributed by atoms with E-state index in [9.17, 15) is 18.8 Å². The molecule has 102 valence electrons. The fraction of sp³-hybridized carbons (Fsp3) is 0.923. The maximum Gasteiger partial charge on any atom is 0.153 e. The van der Waals surface area contributed by atoms with Crippen LogP contribution in [0.4, 0.5) is 0 Å². The van der Waals surface area contributed by atoms with Crippen molar-refractivity contribution in [1.29, 1.82) is 5.26 Å². The summed E-state index contributed by atoms with van der Waals surface area (Å²) in [6, 6.07) is 2.29. The van der Waals surface area contributed by atoms with Gasteiger partial charge in [0.15, 0.2) is 9.84 Å². The summed E-state index contributed by atoms with van der Waals surface area (Å²) in [5.41, 5.74) is -2.18. The van der Waals surface area contributed by atoms with Gasteiger partial charge in [-0.2, -0.15) is 5.26 Å². The molecule has 2 fully saturated rings. The zero-order valence-electron chi connectivity index (χ0n) is 10.9. The van der Waals surface area contributed by atoms with Gasteiger partial charge in [-0.15, -0.1) is 0 Å². The molecule has 1 saturated heterocycles. The number of sulfone groups is 1. The summed E-state index contributed by atoms with van der Waals surface area (Å²) in [5, 5.41) is 20.3. The van der Waals surface area contributed by atoms with E-state index in [1.165, 1.54) is 0 Å². The van der Waals surface area contributed by atoms with Gasteiger partial charge < -0.3 is 5.11 Å². The Morgan fingerprint density at radius 2 is 2.17 bits per heavy atom. The molecule has 1 N–H and O–H groups in total. The Hall–Kier alpha value is -0.600. The van der Waals surface area contributed by atoms with Crippen molar-refractivity contribution in [2.24, 2.45) is 11.3 Å². The van der Waals surface area contributed by atoms with E-state index >= 15 is 0 Å². The summed E-state index contributed by atoms with van der Waals surface area (Å²) < 4.78 is 23.3. The SMILES string of the molecule is CCC1CCCC(C#N)(C2(O)CCS(=O)(=O)C2)C1. The summed E-state index contributed by atoms with van der Waals surface area (Å²) in [4.78, 5) is 0. The highest BCUT2D eigenvalue weighted by atomic mass is 32.2. The molecule has 0 aromatic rings. The molecule has 5 heteroatoms. The normalized spacial score (nSPS) is 43.5. The maximum atomic E-state index is 11.6. The van der Waals surface area contributed by atoms with Gasteiger partial charge in [0, 0.05) is 0 Å². The van der Waals surface area contributed by atoms with Gasteiger partial charge in [0.25, 0.3) is 0 Å². The first-order valence-corrected chi connectivity index (χ1v) is 8.53. The van der Waals surface area contributed by atoms with Crippen LogP contribution in [0.1, 0.15) is 45.4 Å². The second-order valence-electron chi connectivity index (χ2n) is 5.94. The van der Waals surface area contributed by atoms with Crippen LogP contribution >= 0.6 is 0 Å². The molecular weight excluding hydrogens is 250 g/mol. The Balaban J connectivity index is 2.31. The second-order valence-corrected chi connectivity index (χ2v) is 8.12. The largest absolute Gasteiger partial charge is 0.387 e. The van der Waals surface area contributed by atoms with E-state index in [-0.39, 0.29) is 17.9 Å². The molecule has 1 heterocycles. The fourth-order valence-electron chi connectivity index (χ4n) is 3.58. The summed E-state index contributed by atoms with van der Waals surface area (Å²) in [6.07, 6.45) is 4.49. The van der Waals surface area contributed by atoms with Crippen molar-refractivity contribution in [1.82, 2.24) is 0 Å². The van der Waals surface area contributed by atoms with E-state index in [1.54, 1.807) is 0 Å². The standard InChI is InChI=1S/C13H21NO3S/c1-2-11-4-3-5-12(8-11,9-14)13(15)6-7-18(16,17)10-13/h11,15H,2-8,10H2,1H3. The number of aliphatic hydroxyl groups is 1. The lowest BCUT2D eigenvalue weighted by Gasteiger charge is -2.44. The molecule has 0 radical (unpaired) electrons. The van der Waals surface area contributed by atoms with Crippen molar-refractivity contribution in [3.8, 4) is 6.07 Å². The van der Waals surface area contributed by atoms with Crippen LogP contribution < -0.4 is 0 Å². The van der Waals surface area contributed by atoms with E-state index in [2.05, 4.69) is 13.0 Å². The zero-order chi connectivity index (χ0) is 13.4.